The van der Waals surface area contributed by atoms with E-state index in [0.717, 1.165) is 58.6 Å². The number of aromatic carboxylic acids is 1. The highest BCUT2D eigenvalue weighted by Crippen LogP contribution is 2.46. The van der Waals surface area contributed by atoms with Gasteiger partial charge in [0.05, 0.1) is 17.1 Å². The standard InChI is InChI=1S/C24H24N6O2/c1-13-7-18(14(2)26-20-6-4-3-5-17(20)23(31)32)21-19(8-13)22-28-25-12-30(22)24(27-21)29-10-15-9-16(15)11-29/h3-8,12,14-16,26H,9-11H2,1-2H3,(H,31,32)/t14-,15?,16?/m1/s1. The molecule has 1 aliphatic carbocycles. The third-order valence-electron chi connectivity index (χ3n) is 6.76. The lowest BCUT2D eigenvalue weighted by molar-refractivity contribution is 0.0698. The van der Waals surface area contributed by atoms with Crippen LogP contribution in [0.25, 0.3) is 16.6 Å². The maximum atomic E-state index is 11.7. The van der Waals surface area contributed by atoms with Gasteiger partial charge in [-0.15, -0.1) is 10.2 Å². The van der Waals surface area contributed by atoms with E-state index < -0.39 is 5.97 Å². The highest BCUT2D eigenvalue weighted by molar-refractivity contribution is 5.96. The van der Waals surface area contributed by atoms with E-state index in [-0.39, 0.29) is 11.6 Å². The van der Waals surface area contributed by atoms with Crippen molar-refractivity contribution in [3.63, 3.8) is 0 Å². The Morgan fingerprint density at radius 1 is 1.22 bits per heavy atom. The molecule has 1 aliphatic heterocycles. The van der Waals surface area contributed by atoms with Crippen molar-refractivity contribution in [1.82, 2.24) is 19.6 Å². The SMILES string of the molecule is Cc1cc([C@@H](C)Nc2ccccc2C(=O)O)c2nc(N3CC4CC4C3)n3cnnc3c2c1. The molecule has 0 radical (unpaired) electrons. The molecule has 8 nitrogen and oxygen atoms in total. The van der Waals surface area contributed by atoms with E-state index >= 15 is 0 Å². The van der Waals surface area contributed by atoms with Crippen molar-refractivity contribution >= 4 is 34.2 Å². The van der Waals surface area contributed by atoms with Crippen LogP contribution in [-0.2, 0) is 0 Å². The van der Waals surface area contributed by atoms with Gasteiger partial charge < -0.3 is 15.3 Å². The molecule has 2 N–H and O–H groups in total. The molecule has 1 saturated carbocycles. The molecule has 2 aliphatic rings. The topological polar surface area (TPSA) is 95.6 Å². The number of aryl methyl sites for hydroxylation is 1. The van der Waals surface area contributed by atoms with E-state index in [4.69, 9.17) is 4.98 Å². The van der Waals surface area contributed by atoms with Crippen LogP contribution in [0.3, 0.4) is 0 Å². The van der Waals surface area contributed by atoms with Gasteiger partial charge >= 0.3 is 5.97 Å². The zero-order valence-corrected chi connectivity index (χ0v) is 18.0. The summed E-state index contributed by atoms with van der Waals surface area (Å²) in [5.74, 6) is 1.50. The highest BCUT2D eigenvalue weighted by atomic mass is 16.4. The van der Waals surface area contributed by atoms with Crippen LogP contribution in [0.2, 0.25) is 0 Å². The number of carbonyl (C=O) groups is 1. The highest BCUT2D eigenvalue weighted by Gasteiger charge is 2.46. The molecular weight excluding hydrogens is 404 g/mol. The fourth-order valence-electron chi connectivity index (χ4n) is 5.04. The molecule has 4 aromatic rings. The number of hydrogen-bond acceptors (Lipinski definition) is 6. The van der Waals surface area contributed by atoms with Crippen LogP contribution in [0.1, 0.15) is 40.9 Å². The van der Waals surface area contributed by atoms with Gasteiger partial charge in [-0.2, -0.15) is 0 Å². The zero-order chi connectivity index (χ0) is 22.0. The molecule has 1 saturated heterocycles. The van der Waals surface area contributed by atoms with Crippen molar-refractivity contribution in [2.45, 2.75) is 26.3 Å². The summed E-state index contributed by atoms with van der Waals surface area (Å²) in [7, 11) is 0. The van der Waals surface area contributed by atoms with E-state index in [1.54, 1.807) is 24.5 Å². The maximum absolute atomic E-state index is 11.7. The first-order valence-electron chi connectivity index (χ1n) is 11.0. The number of fused-ring (bicyclic) bond motifs is 4. The monoisotopic (exact) mass is 428 g/mol. The Balaban J connectivity index is 1.49. The average Bonchev–Trinajstić information content (AvgIpc) is 3.15. The molecule has 0 amide bonds. The molecule has 2 fully saturated rings. The van der Waals surface area contributed by atoms with Crippen molar-refractivity contribution in [2.75, 3.05) is 23.3 Å². The Kier molecular flexibility index (Phi) is 4.11. The van der Waals surface area contributed by atoms with Crippen molar-refractivity contribution < 1.29 is 9.90 Å². The summed E-state index contributed by atoms with van der Waals surface area (Å²) in [5, 5.41) is 22.5. The van der Waals surface area contributed by atoms with Gasteiger partial charge in [0.15, 0.2) is 5.65 Å². The molecule has 2 aromatic heterocycles. The van der Waals surface area contributed by atoms with Crippen LogP contribution in [0, 0.1) is 18.8 Å². The molecule has 3 atom stereocenters. The zero-order valence-electron chi connectivity index (χ0n) is 18.0. The van der Waals surface area contributed by atoms with Crippen LogP contribution in [-0.4, -0.2) is 43.7 Å². The fourth-order valence-corrected chi connectivity index (χ4v) is 5.04. The molecule has 3 heterocycles. The minimum Gasteiger partial charge on any atom is -0.478 e. The number of nitrogens with zero attached hydrogens (tertiary/aromatic N) is 5. The Morgan fingerprint density at radius 3 is 2.78 bits per heavy atom. The van der Waals surface area contributed by atoms with Crippen molar-refractivity contribution in [3.8, 4) is 0 Å². The van der Waals surface area contributed by atoms with Gasteiger partial charge in [0.2, 0.25) is 5.95 Å². The Morgan fingerprint density at radius 2 is 2.00 bits per heavy atom. The first kappa shape index (κ1) is 19.0. The first-order valence-corrected chi connectivity index (χ1v) is 11.0. The Hall–Kier alpha value is -3.68. The number of para-hydroxylation sites is 1. The molecule has 8 heteroatoms. The summed E-state index contributed by atoms with van der Waals surface area (Å²) in [5.41, 5.74) is 4.62. The smallest absolute Gasteiger partial charge is 0.337 e. The molecule has 6 rings (SSSR count). The number of benzene rings is 2. The van der Waals surface area contributed by atoms with Crippen LogP contribution in [0.15, 0.2) is 42.7 Å². The Labute approximate surface area is 184 Å². The van der Waals surface area contributed by atoms with E-state index in [1.165, 1.54) is 6.42 Å². The number of rotatable bonds is 5. The van der Waals surface area contributed by atoms with Crippen LogP contribution >= 0.6 is 0 Å². The van der Waals surface area contributed by atoms with Gasteiger partial charge in [-0.1, -0.05) is 18.2 Å². The number of carboxylic acids is 1. The minimum absolute atomic E-state index is 0.157. The van der Waals surface area contributed by atoms with Gasteiger partial charge in [0.25, 0.3) is 0 Å². The third kappa shape index (κ3) is 2.97. The largest absolute Gasteiger partial charge is 0.478 e. The van der Waals surface area contributed by atoms with Gasteiger partial charge in [0.1, 0.15) is 6.33 Å². The van der Waals surface area contributed by atoms with Crippen LogP contribution in [0.4, 0.5) is 11.6 Å². The van der Waals surface area contributed by atoms with Crippen molar-refractivity contribution in [1.29, 1.82) is 0 Å². The second kappa shape index (κ2) is 6.91. The van der Waals surface area contributed by atoms with Gasteiger partial charge in [-0.25, -0.2) is 9.78 Å². The molecule has 32 heavy (non-hydrogen) atoms. The summed E-state index contributed by atoms with van der Waals surface area (Å²) in [6, 6.07) is 11.0. The summed E-state index contributed by atoms with van der Waals surface area (Å²) in [6.07, 6.45) is 3.07. The molecule has 0 bridgehead atoms. The lowest BCUT2D eigenvalue weighted by Crippen LogP contribution is -2.25. The second-order valence-electron chi connectivity index (χ2n) is 9.06. The number of nitrogens with one attached hydrogen (secondary N) is 1. The van der Waals surface area contributed by atoms with Crippen LogP contribution < -0.4 is 10.2 Å². The van der Waals surface area contributed by atoms with Gasteiger partial charge in [-0.3, -0.25) is 4.40 Å². The number of aromatic nitrogens is 4. The average molecular weight is 428 g/mol. The number of anilines is 2. The quantitative estimate of drug-likeness (QED) is 0.497. The minimum atomic E-state index is -0.951. The number of piperidine rings is 1. The van der Waals surface area contributed by atoms with Gasteiger partial charge in [0, 0.05) is 29.7 Å². The third-order valence-corrected chi connectivity index (χ3v) is 6.76. The van der Waals surface area contributed by atoms with Gasteiger partial charge in [-0.05, 0) is 55.9 Å². The molecule has 2 aromatic carbocycles. The second-order valence-corrected chi connectivity index (χ2v) is 9.06. The van der Waals surface area contributed by atoms with E-state index in [0.29, 0.717) is 5.69 Å². The van der Waals surface area contributed by atoms with Crippen LogP contribution in [0.5, 0.6) is 0 Å². The normalized spacial score (nSPS) is 20.5. The number of carboxylic acid groups (broad SMARTS) is 1. The fraction of sp³-hybridized carbons (Fsp3) is 0.333. The lowest BCUT2D eigenvalue weighted by atomic mass is 10.0. The molecular formula is C24H24N6O2. The summed E-state index contributed by atoms with van der Waals surface area (Å²) >= 11 is 0. The summed E-state index contributed by atoms with van der Waals surface area (Å²) in [4.78, 5) is 19.1. The van der Waals surface area contributed by atoms with E-state index in [2.05, 4.69) is 39.5 Å². The summed E-state index contributed by atoms with van der Waals surface area (Å²) < 4.78 is 1.99. The first-order chi connectivity index (χ1) is 15.5. The maximum Gasteiger partial charge on any atom is 0.337 e. The lowest BCUT2D eigenvalue weighted by Gasteiger charge is -2.23. The Bertz CT molecular complexity index is 1370. The van der Waals surface area contributed by atoms with Crippen molar-refractivity contribution in [3.05, 3.63) is 59.4 Å². The number of hydrogen-bond donors (Lipinski definition) is 2. The predicted octanol–water partition coefficient (Wildman–Crippen LogP) is 3.91. The van der Waals surface area contributed by atoms with E-state index in [9.17, 15) is 9.90 Å². The molecule has 2 unspecified atom stereocenters. The predicted molar refractivity (Wildman–Crippen MR) is 122 cm³/mol. The molecule has 162 valence electrons. The van der Waals surface area contributed by atoms with Crippen molar-refractivity contribution in [2.24, 2.45) is 11.8 Å². The summed E-state index contributed by atoms with van der Waals surface area (Å²) in [6.45, 7) is 6.14. The van der Waals surface area contributed by atoms with E-state index in [1.807, 2.05) is 17.4 Å². The molecule has 0 spiro atoms.